The number of carbonyl (C=O) groups excluding carboxylic acids is 1. The molecule has 2 aromatic heterocycles. The second-order valence-electron chi connectivity index (χ2n) is 6.08. The number of nitriles is 1. The van der Waals surface area contributed by atoms with Crippen LogP contribution in [0.15, 0.2) is 36.7 Å². The van der Waals surface area contributed by atoms with Crippen LogP contribution >= 0.6 is 0 Å². The molecule has 0 saturated carbocycles. The minimum absolute atomic E-state index is 0.325. The average molecular weight is 351 g/mol. The number of carbonyl (C=O) groups is 1. The molecule has 0 atom stereocenters. The standard InChI is InChI=1S/C19H21N5O2/c1-2-26-19(25)15-4-5-17(21-13-15)23-16-7-9-24(10-8-16)18-6-3-14(11-20)12-22-18/h3-6,12-13,16H,2,7-10H2,1H3,(H,21,23). The third kappa shape index (κ3) is 4.28. The normalized spacial score (nSPS) is 14.5. The van der Waals surface area contributed by atoms with Gasteiger partial charge in [-0.15, -0.1) is 0 Å². The van der Waals surface area contributed by atoms with Gasteiger partial charge in [0.05, 0.1) is 17.7 Å². The number of aromatic nitrogens is 2. The highest BCUT2D eigenvalue weighted by Gasteiger charge is 2.20. The number of anilines is 2. The summed E-state index contributed by atoms with van der Waals surface area (Å²) in [6.45, 7) is 3.90. The summed E-state index contributed by atoms with van der Waals surface area (Å²) in [4.78, 5) is 22.5. The Morgan fingerprint density at radius 3 is 2.65 bits per heavy atom. The van der Waals surface area contributed by atoms with Gasteiger partial charge in [-0.2, -0.15) is 5.26 Å². The van der Waals surface area contributed by atoms with E-state index in [1.165, 1.54) is 6.20 Å². The van der Waals surface area contributed by atoms with E-state index in [9.17, 15) is 4.79 Å². The van der Waals surface area contributed by atoms with Crippen molar-refractivity contribution in [1.82, 2.24) is 9.97 Å². The third-order valence-electron chi connectivity index (χ3n) is 4.32. The van der Waals surface area contributed by atoms with Crippen LogP contribution in [0.4, 0.5) is 11.6 Å². The molecule has 1 fully saturated rings. The lowest BCUT2D eigenvalue weighted by Gasteiger charge is -2.33. The average Bonchev–Trinajstić information content (AvgIpc) is 2.69. The molecule has 0 radical (unpaired) electrons. The molecule has 134 valence electrons. The van der Waals surface area contributed by atoms with Gasteiger partial charge in [-0.1, -0.05) is 0 Å². The fourth-order valence-electron chi connectivity index (χ4n) is 2.92. The van der Waals surface area contributed by atoms with Crippen LogP contribution in [0.25, 0.3) is 0 Å². The Kier molecular flexibility index (Phi) is 5.64. The predicted octanol–water partition coefficient (Wildman–Crippen LogP) is 2.61. The maximum Gasteiger partial charge on any atom is 0.339 e. The Balaban J connectivity index is 1.52. The van der Waals surface area contributed by atoms with Gasteiger partial charge in [-0.3, -0.25) is 0 Å². The molecule has 1 aliphatic heterocycles. The zero-order valence-electron chi connectivity index (χ0n) is 14.7. The van der Waals surface area contributed by atoms with Crippen LogP contribution in [0.1, 0.15) is 35.7 Å². The number of hydrogen-bond donors (Lipinski definition) is 1. The molecule has 3 rings (SSSR count). The molecule has 0 aromatic carbocycles. The molecule has 0 bridgehead atoms. The Morgan fingerprint density at radius 2 is 2.08 bits per heavy atom. The van der Waals surface area contributed by atoms with Crippen molar-refractivity contribution in [1.29, 1.82) is 5.26 Å². The summed E-state index contributed by atoms with van der Waals surface area (Å²) < 4.78 is 4.96. The zero-order chi connectivity index (χ0) is 18.4. The van der Waals surface area contributed by atoms with Crippen LogP contribution in [-0.2, 0) is 4.74 Å². The lowest BCUT2D eigenvalue weighted by molar-refractivity contribution is 0.0526. The Labute approximate surface area is 152 Å². The molecule has 7 nitrogen and oxygen atoms in total. The molecule has 0 spiro atoms. The van der Waals surface area contributed by atoms with Gasteiger partial charge in [-0.05, 0) is 44.0 Å². The number of esters is 1. The minimum Gasteiger partial charge on any atom is -0.462 e. The van der Waals surface area contributed by atoms with Crippen molar-refractivity contribution in [3.63, 3.8) is 0 Å². The van der Waals surface area contributed by atoms with Crippen LogP contribution in [-0.4, -0.2) is 41.7 Å². The van der Waals surface area contributed by atoms with E-state index in [-0.39, 0.29) is 5.97 Å². The van der Waals surface area contributed by atoms with E-state index in [0.717, 1.165) is 37.6 Å². The van der Waals surface area contributed by atoms with E-state index in [4.69, 9.17) is 10.00 Å². The zero-order valence-corrected chi connectivity index (χ0v) is 14.7. The second kappa shape index (κ2) is 8.30. The summed E-state index contributed by atoms with van der Waals surface area (Å²) in [5, 5.41) is 12.3. The lowest BCUT2D eigenvalue weighted by Crippen LogP contribution is -2.39. The first-order valence-electron chi connectivity index (χ1n) is 8.70. The van der Waals surface area contributed by atoms with Crippen molar-refractivity contribution in [2.45, 2.75) is 25.8 Å². The molecule has 0 unspecified atom stereocenters. The Hall–Kier alpha value is -3.14. The highest BCUT2D eigenvalue weighted by atomic mass is 16.5. The number of pyridine rings is 2. The van der Waals surface area contributed by atoms with Gasteiger partial charge in [0.25, 0.3) is 0 Å². The number of ether oxygens (including phenoxy) is 1. The topological polar surface area (TPSA) is 91.1 Å². The van der Waals surface area contributed by atoms with E-state index in [1.807, 2.05) is 6.07 Å². The van der Waals surface area contributed by atoms with Gasteiger partial charge < -0.3 is 15.0 Å². The molecule has 26 heavy (non-hydrogen) atoms. The first-order valence-corrected chi connectivity index (χ1v) is 8.70. The number of piperidine rings is 1. The number of hydrogen-bond acceptors (Lipinski definition) is 7. The molecular formula is C19H21N5O2. The smallest absolute Gasteiger partial charge is 0.339 e. The SMILES string of the molecule is CCOC(=O)c1ccc(NC2CCN(c3ccc(C#N)cn3)CC2)nc1. The summed E-state index contributed by atoms with van der Waals surface area (Å²) >= 11 is 0. The maximum atomic E-state index is 11.6. The fourth-order valence-corrected chi connectivity index (χ4v) is 2.92. The van der Waals surface area contributed by atoms with E-state index >= 15 is 0 Å². The highest BCUT2D eigenvalue weighted by molar-refractivity contribution is 5.89. The molecule has 1 saturated heterocycles. The van der Waals surface area contributed by atoms with E-state index in [1.54, 1.807) is 31.3 Å². The first kappa shape index (κ1) is 17.7. The van der Waals surface area contributed by atoms with E-state index in [2.05, 4.69) is 26.3 Å². The van der Waals surface area contributed by atoms with Crippen molar-refractivity contribution in [3.05, 3.63) is 47.8 Å². The van der Waals surface area contributed by atoms with Crippen LogP contribution < -0.4 is 10.2 Å². The molecule has 0 aliphatic carbocycles. The number of nitrogens with one attached hydrogen (secondary N) is 1. The van der Waals surface area contributed by atoms with Crippen LogP contribution in [0, 0.1) is 11.3 Å². The summed E-state index contributed by atoms with van der Waals surface area (Å²) in [7, 11) is 0. The monoisotopic (exact) mass is 351 g/mol. The van der Waals surface area contributed by atoms with Gasteiger partial charge >= 0.3 is 5.97 Å². The van der Waals surface area contributed by atoms with Crippen LogP contribution in [0.5, 0.6) is 0 Å². The molecule has 0 amide bonds. The minimum atomic E-state index is -0.352. The lowest BCUT2D eigenvalue weighted by atomic mass is 10.0. The van der Waals surface area contributed by atoms with Crippen LogP contribution in [0.3, 0.4) is 0 Å². The summed E-state index contributed by atoms with van der Waals surface area (Å²) in [5.41, 5.74) is 1.03. The van der Waals surface area contributed by atoms with Crippen molar-refractivity contribution in [2.24, 2.45) is 0 Å². The van der Waals surface area contributed by atoms with Crippen molar-refractivity contribution >= 4 is 17.6 Å². The molecule has 3 heterocycles. The summed E-state index contributed by atoms with van der Waals surface area (Å²) in [6, 6.07) is 9.62. The molecule has 7 heteroatoms. The van der Waals surface area contributed by atoms with Gasteiger partial charge in [0.2, 0.25) is 0 Å². The maximum absolute atomic E-state index is 11.6. The highest BCUT2D eigenvalue weighted by Crippen LogP contribution is 2.20. The first-order chi connectivity index (χ1) is 12.7. The third-order valence-corrected chi connectivity index (χ3v) is 4.32. The van der Waals surface area contributed by atoms with Gasteiger partial charge in [0, 0.05) is 31.5 Å². The van der Waals surface area contributed by atoms with Crippen molar-refractivity contribution in [3.8, 4) is 6.07 Å². The van der Waals surface area contributed by atoms with E-state index in [0.29, 0.717) is 23.8 Å². The largest absolute Gasteiger partial charge is 0.462 e. The quantitative estimate of drug-likeness (QED) is 0.828. The molecule has 2 aromatic rings. The fraction of sp³-hybridized carbons (Fsp3) is 0.368. The van der Waals surface area contributed by atoms with Crippen LogP contribution in [0.2, 0.25) is 0 Å². The van der Waals surface area contributed by atoms with Gasteiger partial charge in [-0.25, -0.2) is 14.8 Å². The second-order valence-corrected chi connectivity index (χ2v) is 6.08. The number of rotatable bonds is 5. The van der Waals surface area contributed by atoms with Gasteiger partial charge in [0.1, 0.15) is 17.7 Å². The van der Waals surface area contributed by atoms with Crippen molar-refractivity contribution < 1.29 is 9.53 Å². The Morgan fingerprint density at radius 1 is 1.27 bits per heavy atom. The molecule has 1 N–H and O–H groups in total. The summed E-state index contributed by atoms with van der Waals surface area (Å²) in [5.74, 6) is 1.31. The van der Waals surface area contributed by atoms with E-state index < -0.39 is 0 Å². The summed E-state index contributed by atoms with van der Waals surface area (Å²) in [6.07, 6.45) is 5.07. The van der Waals surface area contributed by atoms with Gasteiger partial charge in [0.15, 0.2) is 0 Å². The molecule has 1 aliphatic rings. The molecular weight excluding hydrogens is 330 g/mol. The van der Waals surface area contributed by atoms with Crippen molar-refractivity contribution in [2.75, 3.05) is 29.9 Å². The number of nitrogens with zero attached hydrogens (tertiary/aromatic N) is 4. The Bertz CT molecular complexity index is 775. The predicted molar refractivity (Wildman–Crippen MR) is 98.0 cm³/mol.